The predicted octanol–water partition coefficient (Wildman–Crippen LogP) is 2.62. The molecule has 0 bridgehead atoms. The van der Waals surface area contributed by atoms with E-state index in [0.29, 0.717) is 0 Å². The molecule has 1 fully saturated rings. The van der Waals surface area contributed by atoms with Crippen molar-refractivity contribution >= 4 is 32.4 Å². The van der Waals surface area contributed by atoms with Crippen LogP contribution in [-0.2, 0) is 0 Å². The van der Waals surface area contributed by atoms with Crippen LogP contribution in [0.1, 0.15) is 25.7 Å². The molecule has 3 rings (SSSR count). The summed E-state index contributed by atoms with van der Waals surface area (Å²) in [6.45, 7) is 1.19. The lowest BCUT2D eigenvalue weighted by Crippen LogP contribution is -2.37. The lowest BCUT2D eigenvalue weighted by molar-refractivity contribution is 0.255. The Kier molecular flexibility index (Phi) is 3.57. The number of aliphatic hydroxyl groups excluding tert-OH is 1. The van der Waals surface area contributed by atoms with Gasteiger partial charge in [-0.1, -0.05) is 24.2 Å². The van der Waals surface area contributed by atoms with Crippen LogP contribution in [0.4, 0.5) is 10.8 Å². The van der Waals surface area contributed by atoms with Gasteiger partial charge < -0.3 is 15.7 Å². The maximum Gasteiger partial charge on any atom is 0.186 e. The third-order valence-corrected chi connectivity index (χ3v) is 4.79. The SMILES string of the molecule is Nc1ccc2nc(N3CCCCCC3CO)sc2c1. The van der Waals surface area contributed by atoms with E-state index in [2.05, 4.69) is 4.90 Å². The second kappa shape index (κ2) is 5.35. The van der Waals surface area contributed by atoms with Crippen LogP contribution in [0.5, 0.6) is 0 Å². The molecule has 102 valence electrons. The average Bonchev–Trinajstić information content (AvgIpc) is 2.67. The molecular formula is C14H19N3OS. The normalized spacial score (nSPS) is 20.7. The highest BCUT2D eigenvalue weighted by Crippen LogP contribution is 2.33. The van der Waals surface area contributed by atoms with E-state index in [9.17, 15) is 5.11 Å². The molecule has 19 heavy (non-hydrogen) atoms. The zero-order chi connectivity index (χ0) is 13.2. The molecule has 1 unspecified atom stereocenters. The number of benzene rings is 1. The van der Waals surface area contributed by atoms with Crippen LogP contribution >= 0.6 is 11.3 Å². The Hall–Kier alpha value is -1.33. The van der Waals surface area contributed by atoms with Crippen LogP contribution in [-0.4, -0.2) is 29.3 Å². The van der Waals surface area contributed by atoms with Gasteiger partial charge >= 0.3 is 0 Å². The van der Waals surface area contributed by atoms with Crippen molar-refractivity contribution in [2.75, 3.05) is 23.8 Å². The zero-order valence-corrected chi connectivity index (χ0v) is 11.7. The third-order valence-electron chi connectivity index (χ3n) is 3.73. The van der Waals surface area contributed by atoms with Crippen LogP contribution in [0.15, 0.2) is 18.2 Å². The van der Waals surface area contributed by atoms with Gasteiger partial charge in [-0.05, 0) is 31.0 Å². The van der Waals surface area contributed by atoms with Gasteiger partial charge in [-0.15, -0.1) is 0 Å². The van der Waals surface area contributed by atoms with Crippen LogP contribution in [0.3, 0.4) is 0 Å². The monoisotopic (exact) mass is 277 g/mol. The molecule has 0 saturated carbocycles. The van der Waals surface area contributed by atoms with Crippen molar-refractivity contribution in [3.05, 3.63) is 18.2 Å². The van der Waals surface area contributed by atoms with E-state index >= 15 is 0 Å². The van der Waals surface area contributed by atoms with Crippen LogP contribution < -0.4 is 10.6 Å². The minimum Gasteiger partial charge on any atom is -0.399 e. The van der Waals surface area contributed by atoms with Crippen molar-refractivity contribution in [3.8, 4) is 0 Å². The summed E-state index contributed by atoms with van der Waals surface area (Å²) in [5, 5.41) is 10.6. The maximum absolute atomic E-state index is 9.58. The lowest BCUT2D eigenvalue weighted by atomic mass is 10.1. The van der Waals surface area contributed by atoms with Crippen LogP contribution in [0, 0.1) is 0 Å². The maximum atomic E-state index is 9.58. The van der Waals surface area contributed by atoms with Gasteiger partial charge in [0.15, 0.2) is 5.13 Å². The van der Waals surface area contributed by atoms with Gasteiger partial charge in [0.25, 0.3) is 0 Å². The summed E-state index contributed by atoms with van der Waals surface area (Å²) in [5.41, 5.74) is 7.59. The third kappa shape index (κ3) is 2.53. The number of aliphatic hydroxyl groups is 1. The second-order valence-electron chi connectivity index (χ2n) is 5.10. The van der Waals surface area contributed by atoms with Gasteiger partial charge in [-0.3, -0.25) is 0 Å². The zero-order valence-electron chi connectivity index (χ0n) is 10.9. The fraction of sp³-hybridized carbons (Fsp3) is 0.500. The van der Waals surface area contributed by atoms with Gasteiger partial charge in [0, 0.05) is 12.2 Å². The lowest BCUT2D eigenvalue weighted by Gasteiger charge is -2.27. The van der Waals surface area contributed by atoms with Crippen LogP contribution in [0.25, 0.3) is 10.2 Å². The first-order chi connectivity index (χ1) is 9.28. The highest BCUT2D eigenvalue weighted by atomic mass is 32.1. The van der Waals surface area contributed by atoms with Crippen molar-refractivity contribution in [2.24, 2.45) is 0 Å². The van der Waals surface area contributed by atoms with Gasteiger partial charge in [-0.25, -0.2) is 4.98 Å². The van der Waals surface area contributed by atoms with Crippen molar-refractivity contribution < 1.29 is 5.11 Å². The van der Waals surface area contributed by atoms with E-state index in [-0.39, 0.29) is 12.6 Å². The number of nitrogens with two attached hydrogens (primary N) is 1. The number of nitrogens with zero attached hydrogens (tertiary/aromatic N) is 2. The highest BCUT2D eigenvalue weighted by molar-refractivity contribution is 7.22. The molecule has 1 aromatic heterocycles. The first-order valence-electron chi connectivity index (χ1n) is 6.81. The van der Waals surface area contributed by atoms with Crippen LogP contribution in [0.2, 0.25) is 0 Å². The largest absolute Gasteiger partial charge is 0.399 e. The molecule has 2 heterocycles. The molecule has 0 aliphatic carbocycles. The number of nitrogen functional groups attached to an aromatic ring is 1. The molecule has 3 N–H and O–H groups in total. The minimum atomic E-state index is 0.206. The smallest absolute Gasteiger partial charge is 0.186 e. The molecule has 4 nitrogen and oxygen atoms in total. The fourth-order valence-electron chi connectivity index (χ4n) is 2.67. The number of thiazole rings is 1. The molecule has 1 aliphatic heterocycles. The first-order valence-corrected chi connectivity index (χ1v) is 7.63. The molecule has 2 aromatic rings. The topological polar surface area (TPSA) is 62.4 Å². The summed E-state index contributed by atoms with van der Waals surface area (Å²) < 4.78 is 1.12. The number of rotatable bonds is 2. The van der Waals surface area contributed by atoms with Gasteiger partial charge in [0.1, 0.15) is 0 Å². The Balaban J connectivity index is 1.96. The summed E-state index contributed by atoms with van der Waals surface area (Å²) in [6, 6.07) is 6.04. The van der Waals surface area contributed by atoms with Crippen molar-refractivity contribution in [1.29, 1.82) is 0 Å². The minimum absolute atomic E-state index is 0.206. The van der Waals surface area contributed by atoms with Crippen molar-refractivity contribution in [3.63, 3.8) is 0 Å². The Morgan fingerprint density at radius 3 is 3.11 bits per heavy atom. The number of hydrogen-bond donors (Lipinski definition) is 2. The average molecular weight is 277 g/mol. The van der Waals surface area contributed by atoms with E-state index in [1.165, 1.54) is 19.3 Å². The summed E-state index contributed by atoms with van der Waals surface area (Å²) >= 11 is 1.67. The summed E-state index contributed by atoms with van der Waals surface area (Å²) in [6.07, 6.45) is 4.66. The Morgan fingerprint density at radius 1 is 1.37 bits per heavy atom. The number of aromatic nitrogens is 1. The first kappa shape index (κ1) is 12.7. The van der Waals surface area contributed by atoms with E-state index in [4.69, 9.17) is 10.7 Å². The summed E-state index contributed by atoms with van der Waals surface area (Å²) in [5.74, 6) is 0. The van der Waals surface area contributed by atoms with E-state index < -0.39 is 0 Å². The molecule has 0 amide bonds. The summed E-state index contributed by atoms with van der Waals surface area (Å²) in [4.78, 5) is 6.97. The number of anilines is 2. The van der Waals surface area contributed by atoms with Gasteiger partial charge in [0.2, 0.25) is 0 Å². The van der Waals surface area contributed by atoms with E-state index in [1.807, 2.05) is 18.2 Å². The fourth-order valence-corrected chi connectivity index (χ4v) is 3.78. The molecule has 1 aliphatic rings. The quantitative estimate of drug-likeness (QED) is 0.828. The number of hydrogen-bond acceptors (Lipinski definition) is 5. The Morgan fingerprint density at radius 2 is 2.26 bits per heavy atom. The van der Waals surface area contributed by atoms with E-state index in [0.717, 1.165) is 34.0 Å². The van der Waals surface area contributed by atoms with E-state index in [1.54, 1.807) is 11.3 Å². The van der Waals surface area contributed by atoms with Gasteiger partial charge in [0.05, 0.1) is 22.9 Å². The molecular weight excluding hydrogens is 258 g/mol. The molecule has 1 aromatic carbocycles. The Bertz CT molecular complexity index is 569. The van der Waals surface area contributed by atoms with Gasteiger partial charge in [-0.2, -0.15) is 0 Å². The number of fused-ring (bicyclic) bond motifs is 1. The molecule has 0 radical (unpaired) electrons. The Labute approximate surface area is 116 Å². The molecule has 1 atom stereocenters. The summed E-state index contributed by atoms with van der Waals surface area (Å²) in [7, 11) is 0. The molecule has 5 heteroatoms. The second-order valence-corrected chi connectivity index (χ2v) is 6.11. The highest BCUT2D eigenvalue weighted by Gasteiger charge is 2.23. The van der Waals surface area contributed by atoms with Crippen molar-refractivity contribution in [2.45, 2.75) is 31.7 Å². The predicted molar refractivity (Wildman–Crippen MR) is 80.7 cm³/mol. The molecule has 1 saturated heterocycles. The van der Waals surface area contributed by atoms with Crippen molar-refractivity contribution in [1.82, 2.24) is 4.98 Å². The molecule has 0 spiro atoms. The standard InChI is InChI=1S/C14H19N3OS/c15-10-5-6-12-13(8-10)19-14(16-12)17-7-3-1-2-4-11(17)9-18/h5-6,8,11,18H,1-4,7,9,15H2.